The van der Waals surface area contributed by atoms with E-state index in [-0.39, 0.29) is 17.4 Å². The van der Waals surface area contributed by atoms with Gasteiger partial charge in [-0.2, -0.15) is 0 Å². The van der Waals surface area contributed by atoms with Crippen molar-refractivity contribution in [2.45, 2.75) is 45.8 Å². The molecule has 2 aromatic carbocycles. The Kier molecular flexibility index (Phi) is 8.07. The number of ketones is 1. The van der Waals surface area contributed by atoms with Crippen LogP contribution in [0.3, 0.4) is 0 Å². The number of aliphatic hydroxyl groups excluding tert-OH is 1. The third-order valence-corrected chi connectivity index (χ3v) is 6.54. The molecule has 2 aliphatic rings. The highest BCUT2D eigenvalue weighted by molar-refractivity contribution is 6.46. The van der Waals surface area contributed by atoms with Crippen LogP contribution >= 0.6 is 0 Å². The SMILES string of the molecule is CCCOc1ccc([C@H]2/C(=C(\O)c3ccc4c(c3)C[C@@H](C)O4)C(=O)C(=O)N2CCN(C)C)cc1OCC. The highest BCUT2D eigenvalue weighted by Crippen LogP contribution is 2.42. The molecule has 2 aliphatic heterocycles. The summed E-state index contributed by atoms with van der Waals surface area (Å²) >= 11 is 0. The Labute approximate surface area is 218 Å². The summed E-state index contributed by atoms with van der Waals surface area (Å²) in [5.74, 6) is 0.394. The molecule has 2 atom stereocenters. The van der Waals surface area contributed by atoms with Crippen LogP contribution in [0.15, 0.2) is 42.0 Å². The van der Waals surface area contributed by atoms with Gasteiger partial charge in [0.05, 0.1) is 24.8 Å². The molecule has 0 spiro atoms. The van der Waals surface area contributed by atoms with E-state index in [0.29, 0.717) is 55.4 Å². The van der Waals surface area contributed by atoms with Gasteiger partial charge in [-0.05, 0) is 75.8 Å². The van der Waals surface area contributed by atoms with Crippen molar-refractivity contribution in [1.29, 1.82) is 0 Å². The number of nitrogens with zero attached hydrogens (tertiary/aromatic N) is 2. The van der Waals surface area contributed by atoms with Gasteiger partial charge >= 0.3 is 0 Å². The van der Waals surface area contributed by atoms with Gasteiger partial charge in [0, 0.05) is 25.1 Å². The van der Waals surface area contributed by atoms with Crippen LogP contribution in [-0.4, -0.2) is 73.1 Å². The predicted octanol–water partition coefficient (Wildman–Crippen LogP) is 4.18. The third-order valence-electron chi connectivity index (χ3n) is 6.54. The largest absolute Gasteiger partial charge is 0.507 e. The Morgan fingerprint density at radius 3 is 2.59 bits per heavy atom. The molecule has 37 heavy (non-hydrogen) atoms. The van der Waals surface area contributed by atoms with Crippen molar-refractivity contribution >= 4 is 17.4 Å². The summed E-state index contributed by atoms with van der Waals surface area (Å²) in [6, 6.07) is 10.0. The molecule has 1 amide bonds. The number of amides is 1. The molecule has 0 radical (unpaired) electrons. The van der Waals surface area contributed by atoms with E-state index >= 15 is 0 Å². The van der Waals surface area contributed by atoms with Gasteiger partial charge in [0.25, 0.3) is 11.7 Å². The maximum absolute atomic E-state index is 13.4. The van der Waals surface area contributed by atoms with Crippen molar-refractivity contribution in [3.05, 3.63) is 58.7 Å². The first kappa shape index (κ1) is 26.5. The Morgan fingerprint density at radius 1 is 1.11 bits per heavy atom. The van der Waals surface area contributed by atoms with E-state index in [4.69, 9.17) is 14.2 Å². The second-order valence-corrected chi connectivity index (χ2v) is 9.74. The summed E-state index contributed by atoms with van der Waals surface area (Å²) in [7, 11) is 3.82. The number of ether oxygens (including phenoxy) is 3. The molecule has 0 saturated carbocycles. The van der Waals surface area contributed by atoms with Crippen molar-refractivity contribution < 1.29 is 28.9 Å². The quantitative estimate of drug-likeness (QED) is 0.293. The molecule has 2 heterocycles. The van der Waals surface area contributed by atoms with Crippen molar-refractivity contribution in [3.63, 3.8) is 0 Å². The normalized spacial score (nSPS) is 20.3. The summed E-state index contributed by atoms with van der Waals surface area (Å²) in [6.07, 6.45) is 1.62. The van der Waals surface area contributed by atoms with Gasteiger partial charge in [-0.15, -0.1) is 0 Å². The minimum Gasteiger partial charge on any atom is -0.507 e. The fourth-order valence-electron chi connectivity index (χ4n) is 4.78. The number of carbonyl (C=O) groups excluding carboxylic acids is 2. The molecule has 198 valence electrons. The van der Waals surface area contributed by atoms with E-state index in [1.54, 1.807) is 24.3 Å². The van der Waals surface area contributed by atoms with Crippen LogP contribution < -0.4 is 14.2 Å². The average molecular weight is 509 g/mol. The number of Topliss-reactive ketones (excluding diaryl/α,β-unsaturated/α-hetero) is 1. The first-order valence-corrected chi connectivity index (χ1v) is 12.9. The Hall–Kier alpha value is -3.52. The van der Waals surface area contributed by atoms with Gasteiger partial charge < -0.3 is 29.1 Å². The van der Waals surface area contributed by atoms with Gasteiger partial charge in [0.15, 0.2) is 11.5 Å². The number of rotatable bonds is 10. The van der Waals surface area contributed by atoms with Crippen molar-refractivity contribution in [1.82, 2.24) is 9.80 Å². The van der Waals surface area contributed by atoms with Crippen molar-refractivity contribution in [2.24, 2.45) is 0 Å². The molecule has 0 aromatic heterocycles. The number of likely N-dealkylation sites (tertiary alicyclic amines) is 1. The Morgan fingerprint density at radius 2 is 1.89 bits per heavy atom. The zero-order chi connectivity index (χ0) is 26.7. The Bertz CT molecular complexity index is 1200. The topological polar surface area (TPSA) is 88.5 Å². The fraction of sp³-hybridized carbons (Fsp3) is 0.448. The smallest absolute Gasteiger partial charge is 0.295 e. The molecule has 2 aromatic rings. The van der Waals surface area contributed by atoms with Gasteiger partial charge in [0.2, 0.25) is 0 Å². The molecular weight excluding hydrogens is 472 g/mol. The predicted molar refractivity (Wildman–Crippen MR) is 141 cm³/mol. The molecular formula is C29H36N2O6. The van der Waals surface area contributed by atoms with E-state index in [9.17, 15) is 14.7 Å². The summed E-state index contributed by atoms with van der Waals surface area (Å²) < 4.78 is 17.5. The third kappa shape index (κ3) is 5.44. The lowest BCUT2D eigenvalue weighted by molar-refractivity contribution is -0.140. The molecule has 0 unspecified atom stereocenters. The average Bonchev–Trinajstić information content (AvgIpc) is 3.36. The van der Waals surface area contributed by atoms with E-state index in [1.165, 1.54) is 4.90 Å². The molecule has 8 heteroatoms. The maximum atomic E-state index is 13.4. The molecule has 0 aliphatic carbocycles. The number of hydrogen-bond acceptors (Lipinski definition) is 7. The van der Waals surface area contributed by atoms with Crippen LogP contribution in [0.2, 0.25) is 0 Å². The van der Waals surface area contributed by atoms with E-state index in [1.807, 2.05) is 51.9 Å². The van der Waals surface area contributed by atoms with E-state index in [2.05, 4.69) is 0 Å². The first-order chi connectivity index (χ1) is 17.7. The Balaban J connectivity index is 1.82. The highest BCUT2D eigenvalue weighted by atomic mass is 16.5. The maximum Gasteiger partial charge on any atom is 0.295 e. The van der Waals surface area contributed by atoms with Crippen LogP contribution in [0.1, 0.15) is 49.9 Å². The molecule has 1 fully saturated rings. The summed E-state index contributed by atoms with van der Waals surface area (Å²) in [4.78, 5) is 30.1. The van der Waals surface area contributed by atoms with Gasteiger partial charge in [-0.1, -0.05) is 13.0 Å². The van der Waals surface area contributed by atoms with Gasteiger partial charge in [-0.25, -0.2) is 0 Å². The van der Waals surface area contributed by atoms with Crippen molar-refractivity contribution in [2.75, 3.05) is 40.4 Å². The number of hydrogen-bond donors (Lipinski definition) is 1. The van der Waals surface area contributed by atoms with Crippen LogP contribution in [-0.2, 0) is 16.0 Å². The second kappa shape index (κ2) is 11.3. The summed E-state index contributed by atoms with van der Waals surface area (Å²) in [5.41, 5.74) is 2.19. The number of aliphatic hydroxyl groups is 1. The molecule has 0 bridgehead atoms. The molecule has 4 rings (SSSR count). The lowest BCUT2D eigenvalue weighted by Crippen LogP contribution is -2.35. The molecule has 1 saturated heterocycles. The van der Waals surface area contributed by atoms with Crippen LogP contribution in [0.5, 0.6) is 17.2 Å². The molecule has 8 nitrogen and oxygen atoms in total. The standard InChI is InChI=1S/C29H36N2O6/c1-6-14-36-23-11-8-19(17-24(23)35-7-2)26-25(28(33)29(34)31(26)13-12-30(4)5)27(32)20-9-10-22-21(16-20)15-18(3)37-22/h8-11,16-18,26,32H,6-7,12-15H2,1-5H3/b27-25+/t18-,26+/m1/s1. The molecule has 1 N–H and O–H groups in total. The van der Waals surface area contributed by atoms with Crippen LogP contribution in [0.4, 0.5) is 0 Å². The minimum absolute atomic E-state index is 0.0504. The van der Waals surface area contributed by atoms with Crippen LogP contribution in [0, 0.1) is 0 Å². The monoisotopic (exact) mass is 508 g/mol. The lowest BCUT2D eigenvalue weighted by Gasteiger charge is -2.27. The number of fused-ring (bicyclic) bond motifs is 1. The fourth-order valence-corrected chi connectivity index (χ4v) is 4.78. The zero-order valence-corrected chi connectivity index (χ0v) is 22.2. The van der Waals surface area contributed by atoms with Crippen LogP contribution in [0.25, 0.3) is 5.76 Å². The first-order valence-electron chi connectivity index (χ1n) is 12.9. The highest BCUT2D eigenvalue weighted by Gasteiger charge is 2.46. The van der Waals surface area contributed by atoms with E-state index < -0.39 is 17.7 Å². The number of carbonyl (C=O) groups is 2. The number of likely N-dealkylation sites (N-methyl/N-ethyl adjacent to an activating group) is 1. The zero-order valence-electron chi connectivity index (χ0n) is 22.2. The number of benzene rings is 2. The van der Waals surface area contributed by atoms with E-state index in [0.717, 1.165) is 17.7 Å². The summed E-state index contributed by atoms with van der Waals surface area (Å²) in [5, 5.41) is 11.4. The second-order valence-electron chi connectivity index (χ2n) is 9.74. The van der Waals surface area contributed by atoms with Gasteiger partial charge in [-0.3, -0.25) is 9.59 Å². The van der Waals surface area contributed by atoms with Crippen molar-refractivity contribution in [3.8, 4) is 17.2 Å². The summed E-state index contributed by atoms with van der Waals surface area (Å²) in [6.45, 7) is 7.76. The van der Waals surface area contributed by atoms with Gasteiger partial charge in [0.1, 0.15) is 17.6 Å². The minimum atomic E-state index is -0.761. The lowest BCUT2D eigenvalue weighted by atomic mass is 9.94.